The van der Waals surface area contributed by atoms with E-state index in [0.29, 0.717) is 12.8 Å². The molecule has 78 valence electrons. The van der Waals surface area contributed by atoms with Gasteiger partial charge in [0.2, 0.25) is 0 Å². The minimum absolute atomic E-state index is 0.0837. The molecule has 0 aromatic carbocycles. The minimum Gasteiger partial charge on any atom is -0.389 e. The first-order chi connectivity index (χ1) is 5.87. The van der Waals surface area contributed by atoms with Crippen LogP contribution in [0, 0.1) is 5.92 Å². The van der Waals surface area contributed by atoms with E-state index in [1.165, 1.54) is 0 Å². The Morgan fingerprint density at radius 3 is 2.54 bits per heavy atom. The summed E-state index contributed by atoms with van der Waals surface area (Å²) in [7, 11) is 0. The van der Waals surface area contributed by atoms with Gasteiger partial charge in [0.1, 0.15) is 0 Å². The summed E-state index contributed by atoms with van der Waals surface area (Å²) < 4.78 is 36.8. The molecule has 0 heterocycles. The smallest absolute Gasteiger partial charge is 0.389 e. The second-order valence-electron chi connectivity index (χ2n) is 3.76. The summed E-state index contributed by atoms with van der Waals surface area (Å²) in [5.41, 5.74) is 3.93. The van der Waals surface area contributed by atoms with E-state index in [4.69, 9.17) is 5.73 Å². The van der Waals surface area contributed by atoms with Crippen molar-refractivity contribution in [3.05, 3.63) is 0 Å². The van der Waals surface area contributed by atoms with Crippen molar-refractivity contribution in [1.29, 1.82) is 0 Å². The van der Waals surface area contributed by atoms with Crippen molar-refractivity contribution in [2.24, 2.45) is 11.7 Å². The van der Waals surface area contributed by atoms with Crippen LogP contribution in [0.3, 0.4) is 0 Å². The SMILES string of the molecule is NCC1(O)CCCC(C(F)(F)F)C1. The number of hydrogen-bond donors (Lipinski definition) is 2. The quantitative estimate of drug-likeness (QED) is 0.668. The second kappa shape index (κ2) is 3.46. The van der Waals surface area contributed by atoms with Gasteiger partial charge < -0.3 is 10.8 Å². The van der Waals surface area contributed by atoms with Crippen LogP contribution in [0.5, 0.6) is 0 Å². The third-order valence-electron chi connectivity index (χ3n) is 2.66. The van der Waals surface area contributed by atoms with Crippen molar-refractivity contribution in [3.8, 4) is 0 Å². The lowest BCUT2D eigenvalue weighted by Gasteiger charge is -2.36. The van der Waals surface area contributed by atoms with Crippen LogP contribution in [0.4, 0.5) is 13.2 Å². The highest BCUT2D eigenvalue weighted by atomic mass is 19.4. The lowest BCUT2D eigenvalue weighted by atomic mass is 9.78. The van der Waals surface area contributed by atoms with E-state index in [0.717, 1.165) is 0 Å². The van der Waals surface area contributed by atoms with E-state index in [2.05, 4.69) is 0 Å². The van der Waals surface area contributed by atoms with Crippen LogP contribution < -0.4 is 5.73 Å². The first-order valence-corrected chi connectivity index (χ1v) is 4.36. The molecule has 1 rings (SSSR count). The largest absolute Gasteiger partial charge is 0.391 e. The Labute approximate surface area is 74.9 Å². The highest BCUT2D eigenvalue weighted by Crippen LogP contribution is 2.41. The predicted octanol–water partition coefficient (Wildman–Crippen LogP) is 1.43. The van der Waals surface area contributed by atoms with Gasteiger partial charge in [-0.25, -0.2) is 0 Å². The van der Waals surface area contributed by atoms with Crippen molar-refractivity contribution in [3.63, 3.8) is 0 Å². The zero-order chi connectivity index (χ0) is 10.1. The van der Waals surface area contributed by atoms with Crippen molar-refractivity contribution in [1.82, 2.24) is 0 Å². The number of halogens is 3. The zero-order valence-corrected chi connectivity index (χ0v) is 7.27. The van der Waals surface area contributed by atoms with Gasteiger partial charge in [-0.3, -0.25) is 0 Å². The fraction of sp³-hybridized carbons (Fsp3) is 1.00. The summed E-state index contributed by atoms with van der Waals surface area (Å²) in [6.45, 7) is -0.0837. The topological polar surface area (TPSA) is 46.2 Å². The van der Waals surface area contributed by atoms with Crippen molar-refractivity contribution >= 4 is 0 Å². The van der Waals surface area contributed by atoms with Crippen molar-refractivity contribution < 1.29 is 18.3 Å². The Hall–Kier alpha value is -0.290. The van der Waals surface area contributed by atoms with Gasteiger partial charge in [0.15, 0.2) is 0 Å². The molecule has 2 atom stereocenters. The molecule has 0 saturated heterocycles. The Morgan fingerprint density at radius 2 is 2.08 bits per heavy atom. The summed E-state index contributed by atoms with van der Waals surface area (Å²) >= 11 is 0. The van der Waals surface area contributed by atoms with Crippen LogP contribution in [-0.2, 0) is 0 Å². The van der Waals surface area contributed by atoms with Gasteiger partial charge in [-0.1, -0.05) is 0 Å². The van der Waals surface area contributed by atoms with E-state index in [1.54, 1.807) is 0 Å². The molecule has 0 bridgehead atoms. The molecule has 1 saturated carbocycles. The Kier molecular flexibility index (Phi) is 2.87. The number of alkyl halides is 3. The molecule has 3 N–H and O–H groups in total. The fourth-order valence-corrected chi connectivity index (χ4v) is 1.81. The molecule has 5 heteroatoms. The van der Waals surface area contributed by atoms with Gasteiger partial charge in [0, 0.05) is 6.54 Å². The molecule has 0 amide bonds. The molecule has 0 aromatic rings. The monoisotopic (exact) mass is 197 g/mol. The summed E-state index contributed by atoms with van der Waals surface area (Å²) in [4.78, 5) is 0. The van der Waals surface area contributed by atoms with Crippen LogP contribution in [0.2, 0.25) is 0 Å². The standard InChI is InChI=1S/C8H14F3NO/c9-8(10,11)6-2-1-3-7(13,4-6)5-12/h6,13H,1-5,12H2. The van der Waals surface area contributed by atoms with Gasteiger partial charge in [0.25, 0.3) is 0 Å². The van der Waals surface area contributed by atoms with Gasteiger partial charge in [0.05, 0.1) is 11.5 Å². The van der Waals surface area contributed by atoms with Crippen LogP contribution >= 0.6 is 0 Å². The third-order valence-corrected chi connectivity index (χ3v) is 2.66. The Balaban J connectivity index is 2.62. The van der Waals surface area contributed by atoms with Gasteiger partial charge in [-0.15, -0.1) is 0 Å². The summed E-state index contributed by atoms with van der Waals surface area (Å²) in [6, 6.07) is 0. The highest BCUT2D eigenvalue weighted by molar-refractivity contribution is 4.89. The van der Waals surface area contributed by atoms with Gasteiger partial charge in [-0.05, 0) is 25.7 Å². The first kappa shape index (κ1) is 10.8. The van der Waals surface area contributed by atoms with E-state index in [1.807, 2.05) is 0 Å². The number of nitrogens with two attached hydrogens (primary N) is 1. The minimum atomic E-state index is -4.19. The Bertz CT molecular complexity index is 183. The molecule has 0 aliphatic heterocycles. The maximum atomic E-state index is 12.3. The van der Waals surface area contributed by atoms with E-state index >= 15 is 0 Å². The second-order valence-corrected chi connectivity index (χ2v) is 3.76. The van der Waals surface area contributed by atoms with Crippen LogP contribution in [0.25, 0.3) is 0 Å². The maximum Gasteiger partial charge on any atom is 0.391 e. The molecular weight excluding hydrogens is 183 g/mol. The van der Waals surface area contributed by atoms with Gasteiger partial charge >= 0.3 is 6.18 Å². The average Bonchev–Trinajstić information content (AvgIpc) is 2.03. The lowest BCUT2D eigenvalue weighted by Crippen LogP contribution is -2.45. The molecule has 2 nitrogen and oxygen atoms in total. The number of hydrogen-bond acceptors (Lipinski definition) is 2. The fourth-order valence-electron chi connectivity index (χ4n) is 1.81. The first-order valence-electron chi connectivity index (χ1n) is 4.36. The van der Waals surface area contributed by atoms with Crippen LogP contribution in [-0.4, -0.2) is 23.4 Å². The van der Waals surface area contributed by atoms with Crippen molar-refractivity contribution in [2.45, 2.75) is 37.5 Å². The maximum absolute atomic E-state index is 12.3. The van der Waals surface area contributed by atoms with E-state index < -0.39 is 17.7 Å². The molecule has 0 spiro atoms. The molecule has 0 aromatic heterocycles. The summed E-state index contributed by atoms with van der Waals surface area (Å²) in [6.07, 6.45) is -3.53. The molecule has 1 aliphatic carbocycles. The lowest BCUT2D eigenvalue weighted by molar-refractivity contribution is -0.199. The Morgan fingerprint density at radius 1 is 1.46 bits per heavy atom. The zero-order valence-electron chi connectivity index (χ0n) is 7.27. The summed E-state index contributed by atoms with van der Waals surface area (Å²) in [5, 5.41) is 9.59. The highest BCUT2D eigenvalue weighted by Gasteiger charge is 2.46. The van der Waals surface area contributed by atoms with Gasteiger partial charge in [-0.2, -0.15) is 13.2 Å². The molecular formula is C8H14F3NO. The molecule has 1 fully saturated rings. The van der Waals surface area contributed by atoms with E-state index in [-0.39, 0.29) is 19.4 Å². The van der Waals surface area contributed by atoms with Crippen molar-refractivity contribution in [2.75, 3.05) is 6.54 Å². The number of rotatable bonds is 1. The average molecular weight is 197 g/mol. The normalized spacial score (nSPS) is 36.2. The van der Waals surface area contributed by atoms with E-state index in [9.17, 15) is 18.3 Å². The molecule has 13 heavy (non-hydrogen) atoms. The number of aliphatic hydroxyl groups is 1. The van der Waals surface area contributed by atoms with Crippen LogP contribution in [0.15, 0.2) is 0 Å². The third kappa shape index (κ3) is 2.57. The molecule has 1 aliphatic rings. The predicted molar refractivity (Wildman–Crippen MR) is 42.0 cm³/mol. The molecule has 0 radical (unpaired) electrons. The van der Waals surface area contributed by atoms with Crippen LogP contribution in [0.1, 0.15) is 25.7 Å². The molecule has 2 unspecified atom stereocenters. The summed E-state index contributed by atoms with van der Waals surface area (Å²) in [5.74, 6) is -1.38.